The van der Waals surface area contributed by atoms with Crippen LogP contribution in [0.3, 0.4) is 0 Å². The normalized spacial score (nSPS) is 23.0. The zero-order valence-electron chi connectivity index (χ0n) is 44.6. The Kier molecular flexibility index (Phi) is 11.4. The monoisotopic (exact) mass is 960 g/mol. The number of benzene rings is 8. The van der Waals surface area contributed by atoms with Crippen molar-refractivity contribution in [1.82, 2.24) is 0 Å². The van der Waals surface area contributed by atoms with Crippen molar-refractivity contribution in [2.24, 2.45) is 0 Å². The first-order chi connectivity index (χ1) is 33.7. The molecule has 0 aromatic heterocycles. The first-order valence-corrected chi connectivity index (χ1v) is 25.8. The molecule has 8 nitrogen and oxygen atoms in total. The Bertz CT molecular complexity index is 3470. The van der Waals surface area contributed by atoms with E-state index in [4.69, 9.17) is 32.6 Å². The van der Waals surface area contributed by atoms with E-state index in [-0.39, 0.29) is 0 Å². The lowest BCUT2D eigenvalue weighted by molar-refractivity contribution is -0.0893. The largest absolute Gasteiger partial charge is 0.494 e. The van der Waals surface area contributed by atoms with Crippen LogP contribution in [0.5, 0.6) is 0 Å². The van der Waals surface area contributed by atoms with Crippen LogP contribution in [0.15, 0.2) is 121 Å². The Morgan fingerprint density at radius 1 is 0.403 bits per heavy atom. The van der Waals surface area contributed by atoms with Crippen molar-refractivity contribution in [1.29, 1.82) is 0 Å². The summed E-state index contributed by atoms with van der Waals surface area (Å²) >= 11 is 0. The fraction of sp³-hybridized carbons (Fsp3) is 0.400. The predicted octanol–water partition coefficient (Wildman–Crippen LogP) is 10.8. The maximum absolute atomic E-state index is 10.6. The van der Waals surface area contributed by atoms with Crippen LogP contribution in [0.25, 0.3) is 64.6 Å². The molecule has 367 valence electrons. The Balaban J connectivity index is 0.797. The van der Waals surface area contributed by atoms with Crippen LogP contribution in [0.1, 0.15) is 110 Å². The summed E-state index contributed by atoms with van der Waals surface area (Å²) in [6.07, 6.45) is 1.40. The molecule has 0 amide bonds. The number of fused-ring (bicyclic) bond motifs is 10. The third-order valence-electron chi connectivity index (χ3n) is 18.0. The Labute approximate surface area is 427 Å². The van der Waals surface area contributed by atoms with Gasteiger partial charge in [-0.25, -0.2) is 0 Å². The molecule has 11 rings (SSSR count). The molecule has 0 spiro atoms. The van der Waals surface area contributed by atoms with Gasteiger partial charge in [-0.3, -0.25) is 0 Å². The smallest absolute Gasteiger partial charge is 0.427 e. The van der Waals surface area contributed by atoms with E-state index in [0.29, 0.717) is 12.8 Å². The van der Waals surface area contributed by atoms with Crippen LogP contribution in [0, 0.1) is 0 Å². The van der Waals surface area contributed by atoms with E-state index in [0.717, 1.165) is 54.2 Å². The molecule has 1 N–H and O–H groups in total. The Hall–Kier alpha value is -4.74. The van der Waals surface area contributed by atoms with E-state index < -0.39 is 66.2 Å². The number of rotatable bonds is 10. The predicted molar refractivity (Wildman–Crippen MR) is 300 cm³/mol. The van der Waals surface area contributed by atoms with Gasteiger partial charge in [0, 0.05) is 0 Å². The van der Waals surface area contributed by atoms with Crippen LogP contribution in [0.2, 0.25) is 0 Å². The van der Waals surface area contributed by atoms with E-state index in [1.165, 1.54) is 32.3 Å². The molecule has 2 atom stereocenters. The highest BCUT2D eigenvalue weighted by Gasteiger charge is 2.59. The van der Waals surface area contributed by atoms with Crippen LogP contribution in [-0.2, 0) is 32.6 Å². The highest BCUT2D eigenvalue weighted by molar-refractivity contribution is 6.63. The summed E-state index contributed by atoms with van der Waals surface area (Å²) in [6.45, 7) is 28.6. The van der Waals surface area contributed by atoms with Gasteiger partial charge in [0.2, 0.25) is 0 Å². The third kappa shape index (κ3) is 8.11. The maximum atomic E-state index is 10.6. The number of aliphatic hydroxyl groups is 1. The van der Waals surface area contributed by atoms with Crippen molar-refractivity contribution in [3.05, 3.63) is 121 Å². The van der Waals surface area contributed by atoms with Crippen molar-refractivity contribution in [3.63, 3.8) is 0 Å². The molecule has 0 bridgehead atoms. The summed E-state index contributed by atoms with van der Waals surface area (Å²) in [7, 11) is 0.265. The van der Waals surface area contributed by atoms with Gasteiger partial charge in [0.15, 0.2) is 0 Å². The lowest BCUT2D eigenvalue weighted by Gasteiger charge is -2.42. The molecule has 0 saturated carbocycles. The second kappa shape index (κ2) is 16.6. The molecule has 2 unspecified atom stereocenters. The number of hydrogen-bond acceptors (Lipinski definition) is 8. The fourth-order valence-corrected chi connectivity index (χ4v) is 10.7. The zero-order valence-corrected chi connectivity index (χ0v) is 44.6. The fourth-order valence-electron chi connectivity index (χ4n) is 10.7. The quantitative estimate of drug-likeness (QED) is 0.107. The van der Waals surface area contributed by atoms with E-state index in [1.807, 2.05) is 13.8 Å². The summed E-state index contributed by atoms with van der Waals surface area (Å²) in [5.74, 6) is 0. The molecule has 12 heteroatoms. The van der Waals surface area contributed by atoms with Gasteiger partial charge in [-0.05, 0) is 191 Å². The molecule has 8 aromatic carbocycles. The summed E-state index contributed by atoms with van der Waals surface area (Å²) in [5.41, 5.74) is -1.000. The average Bonchev–Trinajstić information content (AvgIpc) is 3.82. The molecule has 3 heterocycles. The minimum Gasteiger partial charge on any atom is -0.427 e. The standard InChI is InChI=1S/C60H67B4O8/c1-53(2,65)54(3,4)66-61-41-20-28-45-38(33-41)17-27-51-50(45)24-16-37-15-21-44(36-52(37)51)64-70-58(11,12)60(14,72-64)32-31-59(13)57(9,10)69-63(71-59)43-23-30-47-40(35-43)19-26-48-46-29-22-42(34-39(46)18-25-49(47)48)62-67-55(5,6)56(7,8)68-62/h15-30,33-36,65H,31-32H2,1-14H3. The molecule has 72 heavy (non-hydrogen) atoms. The number of hydrogen-bond donors (Lipinski definition) is 1. The van der Waals surface area contributed by atoms with E-state index in [2.05, 4.69) is 191 Å². The summed E-state index contributed by atoms with van der Waals surface area (Å²) in [6, 6.07) is 43.7. The minimum atomic E-state index is -1.000. The summed E-state index contributed by atoms with van der Waals surface area (Å²) < 4.78 is 46.6. The van der Waals surface area contributed by atoms with Crippen molar-refractivity contribution in [3.8, 4) is 0 Å². The van der Waals surface area contributed by atoms with Gasteiger partial charge in [-0.2, -0.15) is 0 Å². The van der Waals surface area contributed by atoms with Gasteiger partial charge < -0.3 is 37.7 Å². The molecular formula is C60H67B4O8. The van der Waals surface area contributed by atoms with Gasteiger partial charge in [0.05, 0.1) is 44.8 Å². The molecule has 3 aliphatic heterocycles. The second-order valence-electron chi connectivity index (χ2n) is 24.4. The van der Waals surface area contributed by atoms with Gasteiger partial charge in [-0.1, -0.05) is 127 Å². The molecule has 1 radical (unpaired) electrons. The van der Waals surface area contributed by atoms with Crippen molar-refractivity contribution >= 4 is 115 Å². The molecule has 3 fully saturated rings. The van der Waals surface area contributed by atoms with E-state index in [1.54, 1.807) is 21.3 Å². The lowest BCUT2D eigenvalue weighted by Crippen LogP contribution is -2.50. The summed E-state index contributed by atoms with van der Waals surface area (Å²) in [5, 5.41) is 24.6. The van der Waals surface area contributed by atoms with Crippen LogP contribution in [-0.4, -0.2) is 78.8 Å². The van der Waals surface area contributed by atoms with Gasteiger partial charge in [0.25, 0.3) is 0 Å². The van der Waals surface area contributed by atoms with Gasteiger partial charge in [-0.15, -0.1) is 0 Å². The maximum Gasteiger partial charge on any atom is 0.494 e. The molecule has 0 aliphatic carbocycles. The van der Waals surface area contributed by atoms with Crippen molar-refractivity contribution < 1.29 is 37.7 Å². The zero-order chi connectivity index (χ0) is 51.2. The van der Waals surface area contributed by atoms with Gasteiger partial charge in [0.1, 0.15) is 0 Å². The molecular weight excluding hydrogens is 892 g/mol. The van der Waals surface area contributed by atoms with Crippen LogP contribution in [0.4, 0.5) is 0 Å². The summed E-state index contributed by atoms with van der Waals surface area (Å²) in [4.78, 5) is 0. The third-order valence-corrected chi connectivity index (χ3v) is 18.0. The Morgan fingerprint density at radius 2 is 0.750 bits per heavy atom. The SMILES string of the molecule is CC(C)(O)C(C)(C)O[B]c1ccc2c(ccc3c4cc(B5OC(C)(C)C(C)(CCC6(C)OB(c7ccc8c(ccc9c%10ccc(B%11OC(C)(C)C(C)(C)O%11)cc%10ccc89)c7)OC6(C)C)O5)ccc4ccc23)c1. The highest BCUT2D eigenvalue weighted by atomic mass is 16.7. The highest BCUT2D eigenvalue weighted by Crippen LogP contribution is 2.47. The molecule has 8 aromatic rings. The first-order valence-electron chi connectivity index (χ1n) is 25.8. The van der Waals surface area contributed by atoms with Crippen LogP contribution >= 0.6 is 0 Å². The Morgan fingerprint density at radius 3 is 1.22 bits per heavy atom. The van der Waals surface area contributed by atoms with Crippen LogP contribution < -0.4 is 21.9 Å². The van der Waals surface area contributed by atoms with Crippen molar-refractivity contribution in [2.75, 3.05) is 0 Å². The van der Waals surface area contributed by atoms with Gasteiger partial charge >= 0.3 is 28.8 Å². The van der Waals surface area contributed by atoms with E-state index in [9.17, 15) is 5.11 Å². The average molecular weight is 959 g/mol. The lowest BCUT2D eigenvalue weighted by atomic mass is 9.76. The molecule has 3 aliphatic rings. The first kappa shape index (κ1) is 49.5. The molecule has 3 saturated heterocycles. The topological polar surface area (TPSA) is 84.8 Å². The van der Waals surface area contributed by atoms with Crippen molar-refractivity contribution in [2.45, 2.75) is 155 Å². The van der Waals surface area contributed by atoms with E-state index >= 15 is 0 Å². The second-order valence-corrected chi connectivity index (χ2v) is 24.4. The minimum absolute atomic E-state index is 0.394.